The van der Waals surface area contributed by atoms with Crippen molar-refractivity contribution < 1.29 is 19.1 Å². The lowest BCUT2D eigenvalue weighted by Crippen LogP contribution is -2.28. The third-order valence-corrected chi connectivity index (χ3v) is 3.78. The number of benzene rings is 3. The summed E-state index contributed by atoms with van der Waals surface area (Å²) in [4.78, 5) is 17.0. The molecule has 0 heterocycles. The van der Waals surface area contributed by atoms with E-state index in [4.69, 9.17) is 14.3 Å². The van der Waals surface area contributed by atoms with Crippen molar-refractivity contribution in [3.05, 3.63) is 84.4 Å². The summed E-state index contributed by atoms with van der Waals surface area (Å²) in [7, 11) is 2.91. The lowest BCUT2D eigenvalue weighted by atomic mass is 10.1. The number of amides is 1. The molecule has 3 aromatic carbocycles. The first kappa shape index (κ1) is 19.0. The summed E-state index contributed by atoms with van der Waals surface area (Å²) in [6.07, 6.45) is 0. The van der Waals surface area contributed by atoms with E-state index >= 15 is 0 Å². The molecule has 0 atom stereocenters. The molecule has 0 radical (unpaired) electrons. The quantitative estimate of drug-likeness (QED) is 0.491. The summed E-state index contributed by atoms with van der Waals surface area (Å²) >= 11 is 0. The Morgan fingerprint density at radius 3 is 2.18 bits per heavy atom. The highest BCUT2D eigenvalue weighted by atomic mass is 16.6. The van der Waals surface area contributed by atoms with Crippen molar-refractivity contribution in [3.8, 4) is 23.0 Å². The maximum absolute atomic E-state index is 12.2. The Morgan fingerprint density at radius 1 is 0.821 bits per heavy atom. The van der Waals surface area contributed by atoms with Crippen LogP contribution in [0.1, 0.15) is 5.56 Å². The van der Waals surface area contributed by atoms with Gasteiger partial charge < -0.3 is 19.6 Å². The molecule has 0 saturated heterocycles. The van der Waals surface area contributed by atoms with E-state index < -0.39 is 0 Å². The predicted octanol–water partition coefficient (Wildman–Crippen LogP) is 4.37. The van der Waals surface area contributed by atoms with E-state index in [1.807, 2.05) is 54.6 Å². The third kappa shape index (κ3) is 4.67. The molecule has 3 aromatic rings. The average Bonchev–Trinajstić information content (AvgIpc) is 2.73. The van der Waals surface area contributed by atoms with Gasteiger partial charge in [0.05, 0.1) is 5.56 Å². The Balaban J connectivity index is 1.87. The Kier molecular flexibility index (Phi) is 6.25. The zero-order valence-corrected chi connectivity index (χ0v) is 15.6. The molecule has 6 heteroatoms. The fourth-order valence-corrected chi connectivity index (χ4v) is 2.53. The van der Waals surface area contributed by atoms with Crippen molar-refractivity contribution in [1.82, 2.24) is 5.32 Å². The standard InChI is InChI=1S/C22H20N2O4/c1-23-22(25)21(24-26-2)19-13-6-7-14-20(19)28-18-12-8-11-17(15-18)27-16-9-4-3-5-10-16/h3-15H,1-2H3,(H,23,25). The summed E-state index contributed by atoms with van der Waals surface area (Å²) in [5.41, 5.74) is 0.635. The van der Waals surface area contributed by atoms with Gasteiger partial charge in [0.2, 0.25) is 0 Å². The number of para-hydroxylation sites is 2. The van der Waals surface area contributed by atoms with E-state index in [0.717, 1.165) is 5.75 Å². The van der Waals surface area contributed by atoms with Gasteiger partial charge in [-0.05, 0) is 36.4 Å². The van der Waals surface area contributed by atoms with Crippen molar-refractivity contribution in [1.29, 1.82) is 0 Å². The van der Waals surface area contributed by atoms with Crippen LogP contribution in [0.4, 0.5) is 0 Å². The minimum absolute atomic E-state index is 0.122. The van der Waals surface area contributed by atoms with Crippen LogP contribution in [0.3, 0.4) is 0 Å². The van der Waals surface area contributed by atoms with Crippen LogP contribution in [0.25, 0.3) is 0 Å². The highest BCUT2D eigenvalue weighted by Crippen LogP contribution is 2.30. The van der Waals surface area contributed by atoms with E-state index in [1.54, 1.807) is 24.3 Å². The molecule has 0 aliphatic carbocycles. The second-order valence-corrected chi connectivity index (χ2v) is 5.69. The minimum Gasteiger partial charge on any atom is -0.457 e. The lowest BCUT2D eigenvalue weighted by Gasteiger charge is -2.13. The molecule has 0 fully saturated rings. The van der Waals surface area contributed by atoms with Gasteiger partial charge in [-0.2, -0.15) is 0 Å². The number of hydrogen-bond donors (Lipinski definition) is 1. The van der Waals surface area contributed by atoms with Gasteiger partial charge in [-0.1, -0.05) is 41.6 Å². The van der Waals surface area contributed by atoms with Gasteiger partial charge in [0.25, 0.3) is 5.91 Å². The van der Waals surface area contributed by atoms with Crippen LogP contribution in [0, 0.1) is 0 Å². The van der Waals surface area contributed by atoms with Gasteiger partial charge in [0.1, 0.15) is 30.1 Å². The van der Waals surface area contributed by atoms with Crippen molar-refractivity contribution in [2.24, 2.45) is 5.16 Å². The molecular formula is C22H20N2O4. The van der Waals surface area contributed by atoms with Gasteiger partial charge in [0.15, 0.2) is 5.71 Å². The first-order chi connectivity index (χ1) is 13.7. The van der Waals surface area contributed by atoms with Crippen LogP contribution in [0.2, 0.25) is 0 Å². The summed E-state index contributed by atoms with van der Waals surface area (Å²) in [6, 6.07) is 23.9. The molecule has 6 nitrogen and oxygen atoms in total. The van der Waals surface area contributed by atoms with Crippen molar-refractivity contribution >= 4 is 11.6 Å². The summed E-state index contributed by atoms with van der Waals surface area (Å²) in [5.74, 6) is 2.03. The summed E-state index contributed by atoms with van der Waals surface area (Å²) in [5, 5.41) is 6.39. The molecule has 0 saturated carbocycles. The summed E-state index contributed by atoms with van der Waals surface area (Å²) < 4.78 is 11.9. The highest BCUT2D eigenvalue weighted by molar-refractivity contribution is 6.45. The zero-order valence-electron chi connectivity index (χ0n) is 15.6. The molecule has 0 spiro atoms. The topological polar surface area (TPSA) is 69.2 Å². The fourth-order valence-electron chi connectivity index (χ4n) is 2.53. The first-order valence-electron chi connectivity index (χ1n) is 8.64. The minimum atomic E-state index is -0.376. The maximum Gasteiger partial charge on any atom is 0.273 e. The molecule has 0 bridgehead atoms. The van der Waals surface area contributed by atoms with Gasteiger partial charge in [0, 0.05) is 13.1 Å². The molecular weight excluding hydrogens is 356 g/mol. The fraction of sp³-hybridized carbons (Fsp3) is 0.0909. The molecule has 0 aromatic heterocycles. The first-order valence-corrected chi connectivity index (χ1v) is 8.64. The summed E-state index contributed by atoms with van der Waals surface area (Å²) in [6.45, 7) is 0. The van der Waals surface area contributed by atoms with Crippen LogP contribution in [0.15, 0.2) is 84.0 Å². The molecule has 3 rings (SSSR count). The van der Waals surface area contributed by atoms with E-state index in [0.29, 0.717) is 22.8 Å². The van der Waals surface area contributed by atoms with E-state index in [1.165, 1.54) is 14.2 Å². The number of carbonyl (C=O) groups is 1. The number of carbonyl (C=O) groups excluding carboxylic acids is 1. The lowest BCUT2D eigenvalue weighted by molar-refractivity contribution is -0.114. The van der Waals surface area contributed by atoms with Crippen molar-refractivity contribution in [2.45, 2.75) is 0 Å². The Hall–Kier alpha value is -3.80. The monoisotopic (exact) mass is 376 g/mol. The van der Waals surface area contributed by atoms with Gasteiger partial charge >= 0.3 is 0 Å². The van der Waals surface area contributed by atoms with Crippen molar-refractivity contribution in [2.75, 3.05) is 14.2 Å². The zero-order chi connectivity index (χ0) is 19.8. The number of rotatable bonds is 7. The van der Waals surface area contributed by atoms with Crippen molar-refractivity contribution in [3.63, 3.8) is 0 Å². The normalized spacial score (nSPS) is 10.9. The molecule has 0 aliphatic heterocycles. The largest absolute Gasteiger partial charge is 0.457 e. The van der Waals surface area contributed by atoms with E-state index in [-0.39, 0.29) is 11.6 Å². The van der Waals surface area contributed by atoms with Gasteiger partial charge in [-0.15, -0.1) is 0 Å². The average molecular weight is 376 g/mol. The molecule has 1 amide bonds. The van der Waals surface area contributed by atoms with Crippen LogP contribution in [-0.4, -0.2) is 25.8 Å². The van der Waals surface area contributed by atoms with E-state index in [2.05, 4.69) is 10.5 Å². The number of nitrogens with one attached hydrogen (secondary N) is 1. The van der Waals surface area contributed by atoms with Gasteiger partial charge in [-0.25, -0.2) is 0 Å². The Morgan fingerprint density at radius 2 is 1.46 bits per heavy atom. The smallest absolute Gasteiger partial charge is 0.273 e. The van der Waals surface area contributed by atoms with E-state index in [9.17, 15) is 4.79 Å². The maximum atomic E-state index is 12.2. The number of oxime groups is 1. The Bertz CT molecular complexity index is 971. The molecule has 142 valence electrons. The number of nitrogens with zero attached hydrogens (tertiary/aromatic N) is 1. The molecule has 1 N–H and O–H groups in total. The SMILES string of the molecule is CNC(=O)C(=NOC)c1ccccc1Oc1cccc(Oc2ccccc2)c1. The molecule has 0 aliphatic rings. The second-order valence-electron chi connectivity index (χ2n) is 5.69. The third-order valence-electron chi connectivity index (χ3n) is 3.78. The molecule has 28 heavy (non-hydrogen) atoms. The van der Waals surface area contributed by atoms with Gasteiger partial charge in [-0.3, -0.25) is 4.79 Å². The molecule has 0 unspecified atom stereocenters. The van der Waals surface area contributed by atoms with Crippen LogP contribution in [-0.2, 0) is 9.63 Å². The number of hydrogen-bond acceptors (Lipinski definition) is 5. The number of ether oxygens (including phenoxy) is 2. The number of likely N-dealkylation sites (N-methyl/N-ethyl adjacent to an activating group) is 1. The van der Waals surface area contributed by atoms with Crippen LogP contribution >= 0.6 is 0 Å². The van der Waals surface area contributed by atoms with Crippen LogP contribution in [0.5, 0.6) is 23.0 Å². The second kappa shape index (κ2) is 9.23. The highest BCUT2D eigenvalue weighted by Gasteiger charge is 2.18. The Labute approximate surface area is 163 Å². The van der Waals surface area contributed by atoms with Crippen LogP contribution < -0.4 is 14.8 Å². The predicted molar refractivity (Wildman–Crippen MR) is 107 cm³/mol.